The first-order valence-electron chi connectivity index (χ1n) is 5.30. The van der Waals surface area contributed by atoms with Gasteiger partial charge >= 0.3 is 0 Å². The quantitative estimate of drug-likeness (QED) is 0.797. The van der Waals surface area contributed by atoms with Gasteiger partial charge in [-0.2, -0.15) is 0 Å². The minimum absolute atomic E-state index is 0.0506. The van der Waals surface area contributed by atoms with E-state index in [-0.39, 0.29) is 11.7 Å². The van der Waals surface area contributed by atoms with Crippen molar-refractivity contribution in [3.05, 3.63) is 30.2 Å². The van der Waals surface area contributed by atoms with Crippen LogP contribution in [-0.2, 0) is 0 Å². The molecule has 16 heavy (non-hydrogen) atoms. The third-order valence-corrected chi connectivity index (χ3v) is 2.66. The van der Waals surface area contributed by atoms with E-state index < -0.39 is 0 Å². The molecule has 4 heteroatoms. The Morgan fingerprint density at radius 1 is 1.56 bits per heavy atom. The zero-order valence-corrected chi connectivity index (χ0v) is 9.14. The van der Waals surface area contributed by atoms with Crippen LogP contribution in [-0.4, -0.2) is 17.3 Å². The Balaban J connectivity index is 2.28. The van der Waals surface area contributed by atoms with E-state index in [1.807, 2.05) is 6.92 Å². The molecule has 0 saturated heterocycles. The highest BCUT2D eigenvalue weighted by Gasteiger charge is 2.15. The fourth-order valence-corrected chi connectivity index (χ4v) is 1.67. The van der Waals surface area contributed by atoms with E-state index >= 15 is 0 Å². The van der Waals surface area contributed by atoms with Crippen LogP contribution in [0.1, 0.15) is 23.7 Å². The van der Waals surface area contributed by atoms with Crippen LogP contribution < -0.4 is 5.73 Å². The van der Waals surface area contributed by atoms with Crippen molar-refractivity contribution in [1.29, 1.82) is 0 Å². The van der Waals surface area contributed by atoms with Crippen LogP contribution in [0, 0.1) is 5.92 Å². The van der Waals surface area contributed by atoms with Crippen molar-refractivity contribution in [2.75, 3.05) is 6.54 Å². The molecule has 1 atom stereocenters. The number of carbonyl (C=O) groups excluding carboxylic acids is 1. The summed E-state index contributed by atoms with van der Waals surface area (Å²) >= 11 is 0. The third kappa shape index (κ3) is 1.97. The van der Waals surface area contributed by atoms with Gasteiger partial charge in [0.1, 0.15) is 5.52 Å². The van der Waals surface area contributed by atoms with Gasteiger partial charge in [-0.05, 0) is 31.2 Å². The summed E-state index contributed by atoms with van der Waals surface area (Å²) in [5.74, 6) is 0.0501. The van der Waals surface area contributed by atoms with Crippen LogP contribution >= 0.6 is 0 Å². The Morgan fingerprint density at radius 3 is 3.12 bits per heavy atom. The number of fused-ring (bicyclic) bond motifs is 1. The maximum Gasteiger partial charge on any atom is 0.181 e. The average Bonchev–Trinajstić information content (AvgIpc) is 2.75. The average molecular weight is 218 g/mol. The highest BCUT2D eigenvalue weighted by Crippen LogP contribution is 2.18. The lowest BCUT2D eigenvalue weighted by molar-refractivity contribution is 0.0925. The molecule has 1 aromatic carbocycles. The van der Waals surface area contributed by atoms with Crippen LogP contribution in [0.15, 0.2) is 29.0 Å². The van der Waals surface area contributed by atoms with E-state index in [0.717, 1.165) is 5.52 Å². The lowest BCUT2D eigenvalue weighted by atomic mass is 9.96. The molecule has 0 bridgehead atoms. The van der Waals surface area contributed by atoms with Crippen molar-refractivity contribution in [3.63, 3.8) is 0 Å². The van der Waals surface area contributed by atoms with E-state index in [1.54, 1.807) is 18.2 Å². The zero-order valence-electron chi connectivity index (χ0n) is 9.14. The summed E-state index contributed by atoms with van der Waals surface area (Å²) in [7, 11) is 0. The second-order valence-electron chi connectivity index (χ2n) is 3.88. The molecule has 1 heterocycles. The monoisotopic (exact) mass is 218 g/mol. The molecule has 0 aliphatic carbocycles. The van der Waals surface area contributed by atoms with Crippen LogP contribution in [0.4, 0.5) is 0 Å². The molecule has 0 amide bonds. The molecule has 84 valence electrons. The minimum atomic E-state index is -0.0506. The Morgan fingerprint density at radius 2 is 2.38 bits per heavy atom. The Hall–Kier alpha value is -1.68. The lowest BCUT2D eigenvalue weighted by Gasteiger charge is -2.08. The van der Waals surface area contributed by atoms with E-state index in [0.29, 0.717) is 24.1 Å². The van der Waals surface area contributed by atoms with Gasteiger partial charge in [-0.3, -0.25) is 4.79 Å². The summed E-state index contributed by atoms with van der Waals surface area (Å²) in [6.45, 7) is 2.41. The zero-order chi connectivity index (χ0) is 11.5. The van der Waals surface area contributed by atoms with Crippen molar-refractivity contribution in [1.82, 2.24) is 4.98 Å². The Bertz CT molecular complexity index is 504. The van der Waals surface area contributed by atoms with Crippen molar-refractivity contribution in [3.8, 4) is 0 Å². The van der Waals surface area contributed by atoms with Crippen molar-refractivity contribution in [2.24, 2.45) is 11.7 Å². The minimum Gasteiger partial charge on any atom is -0.443 e. The lowest BCUT2D eigenvalue weighted by Crippen LogP contribution is -2.15. The van der Waals surface area contributed by atoms with Gasteiger partial charge in [0.2, 0.25) is 0 Å². The van der Waals surface area contributed by atoms with Gasteiger partial charge in [0.25, 0.3) is 0 Å². The molecular formula is C12H14N2O2. The van der Waals surface area contributed by atoms with E-state index in [2.05, 4.69) is 4.98 Å². The molecule has 0 saturated carbocycles. The standard InChI is InChI=1S/C12H14N2O2/c1-8(4-5-13)12(15)9-2-3-10-11(6-9)16-7-14-10/h2-3,6-8H,4-5,13H2,1H3. The number of benzene rings is 1. The van der Waals surface area contributed by atoms with Crippen LogP contribution in [0.3, 0.4) is 0 Å². The Kier molecular flexibility index (Phi) is 3.01. The Labute approximate surface area is 93.5 Å². The number of oxazole rings is 1. The summed E-state index contributed by atoms with van der Waals surface area (Å²) in [6.07, 6.45) is 2.08. The molecule has 0 spiro atoms. The predicted molar refractivity (Wildman–Crippen MR) is 61.2 cm³/mol. The van der Waals surface area contributed by atoms with E-state index in [1.165, 1.54) is 6.39 Å². The number of Topliss-reactive ketones (excluding diaryl/α,β-unsaturated/α-hetero) is 1. The van der Waals surface area contributed by atoms with Crippen LogP contribution in [0.5, 0.6) is 0 Å². The smallest absolute Gasteiger partial charge is 0.181 e. The summed E-state index contributed by atoms with van der Waals surface area (Å²) in [5.41, 5.74) is 7.51. The van der Waals surface area contributed by atoms with Gasteiger partial charge in [0, 0.05) is 11.5 Å². The molecule has 0 aliphatic heterocycles. The molecule has 0 fully saturated rings. The van der Waals surface area contributed by atoms with Crippen LogP contribution in [0.2, 0.25) is 0 Å². The number of nitrogens with two attached hydrogens (primary N) is 1. The molecule has 0 radical (unpaired) electrons. The number of hydrogen-bond donors (Lipinski definition) is 1. The molecular weight excluding hydrogens is 204 g/mol. The molecule has 0 aliphatic rings. The second kappa shape index (κ2) is 4.45. The van der Waals surface area contributed by atoms with Gasteiger partial charge in [-0.1, -0.05) is 6.92 Å². The van der Waals surface area contributed by atoms with Gasteiger partial charge in [-0.15, -0.1) is 0 Å². The second-order valence-corrected chi connectivity index (χ2v) is 3.88. The van der Waals surface area contributed by atoms with Crippen molar-refractivity contribution >= 4 is 16.9 Å². The number of nitrogens with zero attached hydrogens (tertiary/aromatic N) is 1. The number of ketones is 1. The first kappa shape index (κ1) is 10.8. The molecule has 1 aromatic heterocycles. The number of aromatic nitrogens is 1. The molecule has 1 unspecified atom stereocenters. The summed E-state index contributed by atoms with van der Waals surface area (Å²) in [5, 5.41) is 0. The van der Waals surface area contributed by atoms with Gasteiger partial charge in [0.15, 0.2) is 17.8 Å². The highest BCUT2D eigenvalue weighted by molar-refractivity contribution is 5.99. The number of hydrogen-bond acceptors (Lipinski definition) is 4. The molecule has 2 N–H and O–H groups in total. The van der Waals surface area contributed by atoms with E-state index in [4.69, 9.17) is 10.2 Å². The highest BCUT2D eigenvalue weighted by atomic mass is 16.3. The first-order chi connectivity index (χ1) is 7.72. The van der Waals surface area contributed by atoms with Gasteiger partial charge in [0.05, 0.1) is 0 Å². The van der Waals surface area contributed by atoms with Crippen molar-refractivity contribution in [2.45, 2.75) is 13.3 Å². The molecule has 4 nitrogen and oxygen atoms in total. The largest absolute Gasteiger partial charge is 0.443 e. The predicted octanol–water partition coefficient (Wildman–Crippen LogP) is 2.00. The normalized spacial score (nSPS) is 12.9. The fraction of sp³-hybridized carbons (Fsp3) is 0.333. The first-order valence-corrected chi connectivity index (χ1v) is 5.30. The fourth-order valence-electron chi connectivity index (χ4n) is 1.67. The number of carbonyl (C=O) groups is 1. The van der Waals surface area contributed by atoms with Crippen LogP contribution in [0.25, 0.3) is 11.1 Å². The maximum atomic E-state index is 12.0. The van der Waals surface area contributed by atoms with E-state index in [9.17, 15) is 4.79 Å². The van der Waals surface area contributed by atoms with Gasteiger partial charge < -0.3 is 10.2 Å². The number of rotatable bonds is 4. The van der Waals surface area contributed by atoms with Crippen molar-refractivity contribution < 1.29 is 9.21 Å². The van der Waals surface area contributed by atoms with Gasteiger partial charge in [-0.25, -0.2) is 4.98 Å². The maximum absolute atomic E-state index is 12.0. The summed E-state index contributed by atoms with van der Waals surface area (Å²) in [4.78, 5) is 16.0. The SMILES string of the molecule is CC(CCN)C(=O)c1ccc2ncoc2c1. The third-order valence-electron chi connectivity index (χ3n) is 2.66. The molecule has 2 rings (SSSR count). The molecule has 2 aromatic rings. The topological polar surface area (TPSA) is 69.1 Å². The summed E-state index contributed by atoms with van der Waals surface area (Å²) in [6, 6.07) is 5.30. The summed E-state index contributed by atoms with van der Waals surface area (Å²) < 4.78 is 5.16.